The van der Waals surface area contributed by atoms with Crippen LogP contribution >= 0.6 is 23.8 Å². The van der Waals surface area contributed by atoms with E-state index >= 15 is 0 Å². The average Bonchev–Trinajstić information content (AvgIpc) is 3.29. The molecular formula is C34H38ClN5O5S. The van der Waals surface area contributed by atoms with Crippen molar-refractivity contribution in [3.8, 4) is 5.75 Å². The molecule has 2 amide bonds. The van der Waals surface area contributed by atoms with E-state index in [1.165, 1.54) is 17.7 Å². The highest BCUT2D eigenvalue weighted by atomic mass is 35.5. The molecule has 2 fully saturated rings. The molecular weight excluding hydrogens is 626 g/mol. The number of para-hydroxylation sites is 1. The Morgan fingerprint density at radius 3 is 2.33 bits per heavy atom. The summed E-state index contributed by atoms with van der Waals surface area (Å²) in [6, 6.07) is 21.1. The van der Waals surface area contributed by atoms with Crippen LogP contribution in [0.3, 0.4) is 0 Å². The van der Waals surface area contributed by atoms with Crippen molar-refractivity contribution < 1.29 is 23.9 Å². The molecule has 3 aromatic carbocycles. The summed E-state index contributed by atoms with van der Waals surface area (Å²) in [6.07, 6.45) is 0.665. The molecule has 12 heteroatoms. The molecule has 0 saturated carbocycles. The summed E-state index contributed by atoms with van der Waals surface area (Å²) < 4.78 is 10.3. The normalized spacial score (nSPS) is 16.9. The van der Waals surface area contributed by atoms with Gasteiger partial charge in [-0.15, -0.1) is 0 Å². The van der Waals surface area contributed by atoms with Gasteiger partial charge < -0.3 is 24.6 Å². The monoisotopic (exact) mass is 663 g/mol. The lowest BCUT2D eigenvalue weighted by Crippen LogP contribution is -2.47. The molecule has 0 bridgehead atoms. The molecule has 3 aromatic rings. The van der Waals surface area contributed by atoms with Crippen molar-refractivity contribution in [3.05, 3.63) is 83.4 Å². The number of hydrogen-bond donors (Lipinski definition) is 1. The molecule has 0 spiro atoms. The van der Waals surface area contributed by atoms with Crippen molar-refractivity contribution >= 4 is 63.8 Å². The number of ether oxygens (including phenoxy) is 2. The Hall–Kier alpha value is -4.19. The van der Waals surface area contributed by atoms with Gasteiger partial charge in [0.05, 0.1) is 36.4 Å². The Balaban J connectivity index is 1.25. The fraction of sp³-hybridized carbons (Fsp3) is 0.353. The molecule has 2 heterocycles. The highest BCUT2D eigenvalue weighted by Crippen LogP contribution is 2.33. The summed E-state index contributed by atoms with van der Waals surface area (Å²) in [7, 11) is 1.52. The van der Waals surface area contributed by atoms with E-state index in [1.807, 2.05) is 11.0 Å². The highest BCUT2D eigenvalue weighted by Gasteiger charge is 2.44. The molecule has 1 N–H and O–H groups in total. The largest absolute Gasteiger partial charge is 0.495 e. The summed E-state index contributed by atoms with van der Waals surface area (Å²) in [6.45, 7) is 7.14. The van der Waals surface area contributed by atoms with E-state index < -0.39 is 12.0 Å². The topological polar surface area (TPSA) is 94.7 Å². The highest BCUT2D eigenvalue weighted by molar-refractivity contribution is 7.80. The van der Waals surface area contributed by atoms with Gasteiger partial charge in [-0.05, 0) is 86.7 Å². The van der Waals surface area contributed by atoms with Crippen LogP contribution in [0, 0.1) is 0 Å². The number of hydrogen-bond acceptors (Lipinski definition) is 8. The maximum Gasteiger partial charge on any atom is 0.338 e. The van der Waals surface area contributed by atoms with E-state index in [-0.39, 0.29) is 24.8 Å². The van der Waals surface area contributed by atoms with Crippen molar-refractivity contribution in [2.24, 2.45) is 0 Å². The maximum absolute atomic E-state index is 13.9. The van der Waals surface area contributed by atoms with Crippen LogP contribution in [0.1, 0.15) is 30.1 Å². The van der Waals surface area contributed by atoms with Crippen molar-refractivity contribution in [2.45, 2.75) is 25.8 Å². The van der Waals surface area contributed by atoms with Crippen LogP contribution < -0.4 is 19.9 Å². The lowest BCUT2D eigenvalue weighted by molar-refractivity contribution is -0.124. The van der Waals surface area contributed by atoms with Crippen molar-refractivity contribution in [2.75, 3.05) is 68.1 Å². The number of methoxy groups -OCH3 is 1. The van der Waals surface area contributed by atoms with E-state index in [4.69, 9.17) is 33.3 Å². The zero-order chi connectivity index (χ0) is 32.6. The minimum atomic E-state index is -0.790. The van der Waals surface area contributed by atoms with E-state index in [0.717, 1.165) is 39.1 Å². The molecule has 1 atom stereocenters. The number of nitrogens with zero attached hydrogens (tertiary/aromatic N) is 4. The minimum Gasteiger partial charge on any atom is -0.495 e. The summed E-state index contributed by atoms with van der Waals surface area (Å²) in [4.78, 5) is 47.2. The average molecular weight is 664 g/mol. The third-order valence-corrected chi connectivity index (χ3v) is 8.85. The minimum absolute atomic E-state index is 0.102. The van der Waals surface area contributed by atoms with Gasteiger partial charge in [-0.25, -0.2) is 4.79 Å². The number of anilines is 3. The van der Waals surface area contributed by atoms with E-state index in [1.54, 1.807) is 49.4 Å². The van der Waals surface area contributed by atoms with E-state index in [2.05, 4.69) is 39.4 Å². The molecule has 2 aliphatic heterocycles. The zero-order valence-corrected chi connectivity index (χ0v) is 27.6. The van der Waals surface area contributed by atoms with Crippen molar-refractivity contribution in [1.82, 2.24) is 9.80 Å². The van der Waals surface area contributed by atoms with Crippen LogP contribution in [-0.2, 0) is 14.3 Å². The number of esters is 1. The molecule has 2 aliphatic rings. The molecule has 5 rings (SSSR count). The van der Waals surface area contributed by atoms with E-state index in [0.29, 0.717) is 39.4 Å². The van der Waals surface area contributed by atoms with Gasteiger partial charge in [0.1, 0.15) is 11.8 Å². The first-order chi connectivity index (χ1) is 22.3. The molecule has 10 nitrogen and oxygen atoms in total. The second-order valence-corrected chi connectivity index (χ2v) is 11.8. The number of piperazine rings is 1. The first-order valence-electron chi connectivity index (χ1n) is 15.4. The van der Waals surface area contributed by atoms with Gasteiger partial charge in [-0.3, -0.25) is 19.4 Å². The van der Waals surface area contributed by atoms with Gasteiger partial charge in [0.2, 0.25) is 5.91 Å². The molecule has 242 valence electrons. The summed E-state index contributed by atoms with van der Waals surface area (Å²) in [5, 5.41) is 3.53. The predicted octanol–water partition coefficient (Wildman–Crippen LogP) is 5.07. The Kier molecular flexibility index (Phi) is 11.1. The molecule has 46 heavy (non-hydrogen) atoms. The number of carbonyl (C=O) groups excluding carboxylic acids is 3. The Bertz CT molecular complexity index is 1550. The van der Waals surface area contributed by atoms with Gasteiger partial charge in [0.15, 0.2) is 5.11 Å². The molecule has 0 aromatic heterocycles. The smallest absolute Gasteiger partial charge is 0.338 e. The quantitative estimate of drug-likeness (QED) is 0.211. The van der Waals surface area contributed by atoms with E-state index in [9.17, 15) is 14.4 Å². The Morgan fingerprint density at radius 1 is 0.957 bits per heavy atom. The number of thiocarbonyl (C=S) groups is 1. The summed E-state index contributed by atoms with van der Waals surface area (Å²) >= 11 is 12.2. The van der Waals surface area contributed by atoms with Crippen molar-refractivity contribution in [3.63, 3.8) is 0 Å². The Labute approximate surface area is 279 Å². The number of nitrogens with one attached hydrogen (secondary N) is 1. The number of carbonyl (C=O) groups is 3. The second-order valence-electron chi connectivity index (χ2n) is 11.1. The van der Waals surface area contributed by atoms with Crippen LogP contribution in [0.4, 0.5) is 17.1 Å². The van der Waals surface area contributed by atoms with Gasteiger partial charge in [0.25, 0.3) is 5.91 Å². The fourth-order valence-electron chi connectivity index (χ4n) is 5.74. The molecule has 0 radical (unpaired) electrons. The third-order valence-electron chi connectivity index (χ3n) is 8.14. The number of amides is 2. The zero-order valence-electron chi connectivity index (χ0n) is 26.0. The van der Waals surface area contributed by atoms with Crippen LogP contribution in [0.2, 0.25) is 5.02 Å². The van der Waals surface area contributed by atoms with Gasteiger partial charge >= 0.3 is 5.97 Å². The first kappa shape index (κ1) is 33.2. The van der Waals surface area contributed by atoms with Crippen LogP contribution in [0.15, 0.2) is 72.8 Å². The van der Waals surface area contributed by atoms with Crippen LogP contribution in [0.25, 0.3) is 0 Å². The van der Waals surface area contributed by atoms with Crippen molar-refractivity contribution in [1.29, 1.82) is 0 Å². The lowest BCUT2D eigenvalue weighted by atomic mass is 10.1. The lowest BCUT2D eigenvalue weighted by Gasteiger charge is -2.36. The standard InChI is InChI=1S/C34H38ClN5O5S/c1-3-45-33(43)24-10-12-25(13-11-24)36-31(41)23-29-32(42)40(27-14-15-30(44-2)28(35)22-27)34(46)39(29)17-7-16-37-18-20-38(21-19-37)26-8-5-4-6-9-26/h4-6,8-15,22,29H,3,7,16-21,23H2,1-2H3,(H,36,41). The predicted molar refractivity (Wildman–Crippen MR) is 184 cm³/mol. The summed E-state index contributed by atoms with van der Waals surface area (Å²) in [5.41, 5.74) is 2.64. The van der Waals surface area contributed by atoms with Crippen LogP contribution in [0.5, 0.6) is 5.75 Å². The van der Waals surface area contributed by atoms with Gasteiger partial charge in [0, 0.05) is 44.1 Å². The Morgan fingerprint density at radius 2 is 1.67 bits per heavy atom. The van der Waals surface area contributed by atoms with Gasteiger partial charge in [-0.1, -0.05) is 29.8 Å². The second kappa shape index (κ2) is 15.4. The maximum atomic E-state index is 13.9. The SMILES string of the molecule is CCOC(=O)c1ccc(NC(=O)CC2C(=O)N(c3ccc(OC)c(Cl)c3)C(=S)N2CCCN2CCN(c3ccccc3)CC2)cc1. The first-order valence-corrected chi connectivity index (χ1v) is 16.1. The molecule has 1 unspecified atom stereocenters. The molecule has 0 aliphatic carbocycles. The van der Waals surface area contributed by atoms with Gasteiger partial charge in [-0.2, -0.15) is 0 Å². The summed E-state index contributed by atoms with van der Waals surface area (Å²) in [5.74, 6) is -0.591. The number of rotatable bonds is 12. The van der Waals surface area contributed by atoms with Crippen LogP contribution in [-0.4, -0.2) is 91.7 Å². The fourth-order valence-corrected chi connectivity index (χ4v) is 6.41. The molecule has 2 saturated heterocycles. The number of benzene rings is 3. The number of halogens is 1. The third kappa shape index (κ3) is 7.78.